The molecule has 0 aromatic carbocycles. The summed E-state index contributed by atoms with van der Waals surface area (Å²) in [4.78, 5) is 0. The highest BCUT2D eigenvalue weighted by Crippen LogP contribution is 2.56. The van der Waals surface area contributed by atoms with E-state index in [1.165, 1.54) is 30.6 Å². The molecule has 12 heavy (non-hydrogen) atoms. The molecule has 1 heteroatoms. The van der Waals surface area contributed by atoms with E-state index in [-0.39, 0.29) is 0 Å². The van der Waals surface area contributed by atoms with E-state index >= 15 is 0 Å². The second-order valence-corrected chi connectivity index (χ2v) is 4.83. The molecule has 1 aliphatic carbocycles. The summed E-state index contributed by atoms with van der Waals surface area (Å²) in [5, 5.41) is 2.27. The van der Waals surface area contributed by atoms with Crippen LogP contribution in [0.15, 0.2) is 22.6 Å². The zero-order valence-electron chi connectivity index (χ0n) is 7.89. The van der Waals surface area contributed by atoms with E-state index < -0.39 is 0 Å². The normalized spacial score (nSPS) is 26.2. The fraction of sp³-hybridized carbons (Fsp3) is 0.636. The van der Waals surface area contributed by atoms with Crippen LogP contribution in [0.2, 0.25) is 0 Å². The average Bonchev–Trinajstić information content (AvgIpc) is 2.84. The largest absolute Gasteiger partial charge is 0.129 e. The van der Waals surface area contributed by atoms with Crippen molar-refractivity contribution < 1.29 is 0 Å². The molecule has 0 atom stereocenters. The zero-order chi connectivity index (χ0) is 8.60. The van der Waals surface area contributed by atoms with Crippen LogP contribution in [0.1, 0.15) is 33.1 Å². The van der Waals surface area contributed by atoms with Crippen molar-refractivity contribution in [3.63, 3.8) is 0 Å². The first-order valence-corrected chi connectivity index (χ1v) is 5.81. The molecule has 0 bridgehead atoms. The lowest BCUT2D eigenvalue weighted by Crippen LogP contribution is -2.07. The van der Waals surface area contributed by atoms with Crippen molar-refractivity contribution in [3.8, 4) is 0 Å². The van der Waals surface area contributed by atoms with Gasteiger partial charge in [0.1, 0.15) is 0 Å². The maximum absolute atomic E-state index is 2.41. The first-order valence-electron chi connectivity index (χ1n) is 4.76. The van der Waals surface area contributed by atoms with Crippen LogP contribution < -0.4 is 0 Å². The molecule has 0 spiro atoms. The third-order valence-corrected chi connectivity index (χ3v) is 4.14. The van der Waals surface area contributed by atoms with Crippen molar-refractivity contribution >= 4 is 11.8 Å². The van der Waals surface area contributed by atoms with Crippen LogP contribution in [0.4, 0.5) is 0 Å². The molecule has 1 saturated carbocycles. The van der Waals surface area contributed by atoms with Gasteiger partial charge in [-0.25, -0.2) is 0 Å². The molecule has 1 heterocycles. The van der Waals surface area contributed by atoms with E-state index in [0.29, 0.717) is 5.41 Å². The molecular formula is C11H16S. The highest BCUT2D eigenvalue weighted by molar-refractivity contribution is 8.02. The van der Waals surface area contributed by atoms with Crippen LogP contribution in [-0.2, 0) is 0 Å². The third-order valence-electron chi connectivity index (χ3n) is 3.12. The highest BCUT2D eigenvalue weighted by atomic mass is 32.2. The Bertz CT molecular complexity index is 244. The number of thioether (sulfide) groups is 1. The van der Waals surface area contributed by atoms with Crippen LogP contribution >= 0.6 is 11.8 Å². The van der Waals surface area contributed by atoms with E-state index in [1.54, 1.807) is 5.57 Å². The number of rotatable bonds is 2. The smallest absolute Gasteiger partial charge is 0.0193 e. The summed E-state index contributed by atoms with van der Waals surface area (Å²) in [6.07, 6.45) is 6.62. The lowest BCUT2D eigenvalue weighted by Gasteiger charge is -2.19. The van der Waals surface area contributed by atoms with E-state index in [1.807, 2.05) is 11.8 Å². The molecule has 0 nitrogen and oxygen atoms in total. The number of allylic oxidation sites excluding steroid dienone is 2. The molecule has 0 aromatic rings. The van der Waals surface area contributed by atoms with Gasteiger partial charge in [-0.2, -0.15) is 0 Å². The third kappa shape index (κ3) is 1.35. The molecule has 0 amide bonds. The van der Waals surface area contributed by atoms with Gasteiger partial charge in [-0.3, -0.25) is 0 Å². The molecule has 66 valence electrons. The van der Waals surface area contributed by atoms with Gasteiger partial charge < -0.3 is 0 Å². The van der Waals surface area contributed by atoms with Gasteiger partial charge in [-0.05, 0) is 42.6 Å². The van der Waals surface area contributed by atoms with Crippen LogP contribution in [-0.4, -0.2) is 5.75 Å². The van der Waals surface area contributed by atoms with E-state index in [4.69, 9.17) is 0 Å². The van der Waals surface area contributed by atoms with Gasteiger partial charge in [0.2, 0.25) is 0 Å². The number of hydrogen-bond acceptors (Lipinski definition) is 1. The molecule has 1 fully saturated rings. The van der Waals surface area contributed by atoms with Gasteiger partial charge in [0, 0.05) is 5.75 Å². The second-order valence-electron chi connectivity index (χ2n) is 3.98. The maximum Gasteiger partial charge on any atom is 0.0193 e. The standard InChI is InChI=1S/C11H16S/c1-3-11(4-5-11)10-6-9(2)7-12-8-10/h6-7H,3-5,8H2,1-2H3. The minimum atomic E-state index is 0.641. The Morgan fingerprint density at radius 1 is 1.50 bits per heavy atom. The predicted molar refractivity (Wildman–Crippen MR) is 56.3 cm³/mol. The molecule has 0 N–H and O–H groups in total. The Hall–Kier alpha value is -0.170. The Labute approximate surface area is 79.1 Å². The molecule has 2 aliphatic rings. The fourth-order valence-corrected chi connectivity index (χ4v) is 2.96. The van der Waals surface area contributed by atoms with E-state index in [0.717, 1.165) is 0 Å². The summed E-state index contributed by atoms with van der Waals surface area (Å²) in [6, 6.07) is 0. The van der Waals surface area contributed by atoms with Gasteiger partial charge >= 0.3 is 0 Å². The lowest BCUT2D eigenvalue weighted by atomic mass is 9.92. The Kier molecular flexibility index (Phi) is 2.07. The molecule has 0 aromatic heterocycles. The average molecular weight is 180 g/mol. The Morgan fingerprint density at radius 3 is 2.75 bits per heavy atom. The number of hydrogen-bond donors (Lipinski definition) is 0. The summed E-state index contributed by atoms with van der Waals surface area (Å²) in [7, 11) is 0. The van der Waals surface area contributed by atoms with E-state index in [9.17, 15) is 0 Å². The zero-order valence-corrected chi connectivity index (χ0v) is 8.71. The first-order chi connectivity index (χ1) is 5.77. The topological polar surface area (TPSA) is 0 Å². The van der Waals surface area contributed by atoms with Crippen molar-refractivity contribution in [2.24, 2.45) is 5.41 Å². The van der Waals surface area contributed by atoms with Crippen LogP contribution in [0.5, 0.6) is 0 Å². The summed E-state index contributed by atoms with van der Waals surface area (Å²) in [5.74, 6) is 1.24. The SMILES string of the molecule is CCC1(C2=CC(C)=CSC2)CC1. The fourth-order valence-electron chi connectivity index (χ4n) is 1.97. The Morgan fingerprint density at radius 2 is 2.25 bits per heavy atom. The summed E-state index contributed by atoms with van der Waals surface area (Å²) < 4.78 is 0. The van der Waals surface area contributed by atoms with Crippen molar-refractivity contribution in [2.45, 2.75) is 33.1 Å². The highest BCUT2D eigenvalue weighted by Gasteiger charge is 2.43. The summed E-state index contributed by atoms with van der Waals surface area (Å²) in [5.41, 5.74) is 3.79. The minimum Gasteiger partial charge on any atom is -0.129 e. The minimum absolute atomic E-state index is 0.641. The maximum atomic E-state index is 2.41. The van der Waals surface area contributed by atoms with Crippen molar-refractivity contribution in [2.75, 3.05) is 5.75 Å². The van der Waals surface area contributed by atoms with Crippen molar-refractivity contribution in [1.82, 2.24) is 0 Å². The molecule has 2 rings (SSSR count). The van der Waals surface area contributed by atoms with Gasteiger partial charge in [-0.15, -0.1) is 11.8 Å². The predicted octanol–water partition coefficient (Wildman–Crippen LogP) is 3.75. The monoisotopic (exact) mass is 180 g/mol. The van der Waals surface area contributed by atoms with Gasteiger partial charge in [0.05, 0.1) is 0 Å². The molecule has 1 aliphatic heterocycles. The molecule has 0 saturated heterocycles. The second kappa shape index (κ2) is 2.95. The quantitative estimate of drug-likeness (QED) is 0.623. The summed E-state index contributed by atoms with van der Waals surface area (Å²) >= 11 is 1.96. The van der Waals surface area contributed by atoms with Crippen LogP contribution in [0.3, 0.4) is 0 Å². The van der Waals surface area contributed by atoms with Crippen molar-refractivity contribution in [1.29, 1.82) is 0 Å². The first kappa shape index (κ1) is 8.43. The molecular weight excluding hydrogens is 164 g/mol. The summed E-state index contributed by atoms with van der Waals surface area (Å²) in [6.45, 7) is 4.53. The Balaban J connectivity index is 2.18. The van der Waals surface area contributed by atoms with Crippen molar-refractivity contribution in [3.05, 3.63) is 22.6 Å². The molecule has 0 unspecified atom stereocenters. The lowest BCUT2D eigenvalue weighted by molar-refractivity contribution is 0.585. The van der Waals surface area contributed by atoms with E-state index in [2.05, 4.69) is 25.3 Å². The molecule has 0 radical (unpaired) electrons. The van der Waals surface area contributed by atoms with Gasteiger partial charge in [0.25, 0.3) is 0 Å². The van der Waals surface area contributed by atoms with Gasteiger partial charge in [0.15, 0.2) is 0 Å². The van der Waals surface area contributed by atoms with Gasteiger partial charge in [-0.1, -0.05) is 18.6 Å². The van der Waals surface area contributed by atoms with Crippen LogP contribution in [0, 0.1) is 5.41 Å². The van der Waals surface area contributed by atoms with Crippen LogP contribution in [0.25, 0.3) is 0 Å².